The van der Waals surface area contributed by atoms with Crippen LogP contribution in [0.3, 0.4) is 0 Å². The third-order valence-corrected chi connectivity index (χ3v) is 5.13. The van der Waals surface area contributed by atoms with E-state index in [1.165, 1.54) is 0 Å². The number of benzene rings is 4. The summed E-state index contributed by atoms with van der Waals surface area (Å²) in [5.74, 6) is 0.590. The van der Waals surface area contributed by atoms with Crippen molar-refractivity contribution >= 4 is 45.1 Å². The summed E-state index contributed by atoms with van der Waals surface area (Å²) in [5, 5.41) is 11.6. The topological polar surface area (TPSA) is 56.7 Å². The lowest BCUT2D eigenvalue weighted by atomic mass is 10.1. The summed E-state index contributed by atoms with van der Waals surface area (Å²) in [4.78, 5) is 6.15. The first-order valence-corrected chi connectivity index (χ1v) is 9.72. The molecule has 6 rings (SSSR count). The van der Waals surface area contributed by atoms with Crippen molar-refractivity contribution in [3.05, 3.63) is 96.4 Å². The number of nitrogens with zero attached hydrogens (tertiary/aromatic N) is 4. The molecule has 0 saturated heterocycles. The molecule has 0 bridgehead atoms. The molecule has 0 saturated carbocycles. The Morgan fingerprint density at radius 2 is 1.53 bits per heavy atom. The van der Waals surface area contributed by atoms with Crippen LogP contribution in [0.5, 0.6) is 0 Å². The first kappa shape index (κ1) is 16.7. The Kier molecular flexibility index (Phi) is 3.71. The van der Waals surface area contributed by atoms with E-state index in [-0.39, 0.29) is 0 Å². The fourth-order valence-electron chi connectivity index (χ4n) is 3.61. The third kappa shape index (κ3) is 2.84. The van der Waals surface area contributed by atoms with Crippen LogP contribution in [0.15, 0.2) is 89.3 Å². The van der Waals surface area contributed by atoms with E-state index in [1.807, 2.05) is 78.9 Å². The van der Waals surface area contributed by atoms with E-state index in [9.17, 15) is 0 Å². The zero-order valence-electron chi connectivity index (χ0n) is 15.9. The molecule has 0 unspecified atom stereocenters. The monoisotopic (exact) mass is 388 g/mol. The van der Waals surface area contributed by atoms with Crippen LogP contribution in [0.1, 0.15) is 11.5 Å². The van der Waals surface area contributed by atoms with Gasteiger partial charge in [0.15, 0.2) is 5.58 Å². The Labute approximate surface area is 171 Å². The second-order valence-electron chi connectivity index (χ2n) is 7.09. The number of para-hydroxylation sites is 2. The van der Waals surface area contributed by atoms with Crippen LogP contribution in [-0.2, 0) is 0 Å². The van der Waals surface area contributed by atoms with E-state index in [4.69, 9.17) is 9.52 Å². The molecule has 5 nitrogen and oxygen atoms in total. The van der Waals surface area contributed by atoms with Crippen LogP contribution in [0, 0.1) is 0 Å². The van der Waals surface area contributed by atoms with Gasteiger partial charge in [0.05, 0.1) is 5.69 Å². The molecule has 4 aromatic carbocycles. The van der Waals surface area contributed by atoms with Gasteiger partial charge in [-0.25, -0.2) is 4.98 Å². The van der Waals surface area contributed by atoms with Crippen molar-refractivity contribution in [2.24, 2.45) is 0 Å². The number of fused-ring (bicyclic) bond motifs is 4. The summed E-state index contributed by atoms with van der Waals surface area (Å²) >= 11 is 0. The molecule has 0 amide bonds. The zero-order valence-corrected chi connectivity index (χ0v) is 15.9. The first-order chi connectivity index (χ1) is 14.8. The van der Waals surface area contributed by atoms with Crippen molar-refractivity contribution in [2.75, 3.05) is 0 Å². The maximum atomic E-state index is 5.73. The fraction of sp³-hybridized carbons (Fsp3) is 0. The molecule has 0 atom stereocenters. The van der Waals surface area contributed by atoms with Crippen molar-refractivity contribution < 1.29 is 4.42 Å². The normalized spacial score (nSPS) is 11.9. The first-order valence-electron chi connectivity index (χ1n) is 9.72. The van der Waals surface area contributed by atoms with Gasteiger partial charge in [0, 0.05) is 11.5 Å². The van der Waals surface area contributed by atoms with E-state index in [0.717, 1.165) is 44.2 Å². The summed E-state index contributed by atoms with van der Waals surface area (Å²) in [6.45, 7) is 0. The Morgan fingerprint density at radius 1 is 0.700 bits per heavy atom. The van der Waals surface area contributed by atoms with Crippen molar-refractivity contribution in [1.82, 2.24) is 20.0 Å². The SMILES string of the molecule is C(=C\c1nc2ccccc2o1)/c1ccc(-n2nc3ccc4ccccc4c3n2)cc1. The summed E-state index contributed by atoms with van der Waals surface area (Å²) in [5.41, 5.74) is 5.40. The summed E-state index contributed by atoms with van der Waals surface area (Å²) in [7, 11) is 0. The van der Waals surface area contributed by atoms with Crippen molar-refractivity contribution in [2.45, 2.75) is 0 Å². The Bertz CT molecular complexity index is 1510. The van der Waals surface area contributed by atoms with Gasteiger partial charge in [-0.2, -0.15) is 4.80 Å². The van der Waals surface area contributed by atoms with E-state index in [2.05, 4.69) is 28.3 Å². The maximum Gasteiger partial charge on any atom is 0.220 e. The third-order valence-electron chi connectivity index (χ3n) is 5.13. The summed E-state index contributed by atoms with van der Waals surface area (Å²) < 4.78 is 5.73. The molecule has 0 aliphatic rings. The molecule has 0 spiro atoms. The number of oxazole rings is 1. The molecule has 0 aliphatic heterocycles. The lowest BCUT2D eigenvalue weighted by Gasteiger charge is -1.99. The quantitative estimate of drug-likeness (QED) is 0.380. The van der Waals surface area contributed by atoms with Crippen molar-refractivity contribution in [1.29, 1.82) is 0 Å². The second-order valence-corrected chi connectivity index (χ2v) is 7.09. The van der Waals surface area contributed by atoms with Gasteiger partial charge in [-0.15, -0.1) is 10.2 Å². The number of hydrogen-bond acceptors (Lipinski definition) is 4. The summed E-state index contributed by atoms with van der Waals surface area (Å²) in [6.07, 6.45) is 3.86. The smallest absolute Gasteiger partial charge is 0.220 e. The van der Waals surface area contributed by atoms with Gasteiger partial charge < -0.3 is 4.42 Å². The van der Waals surface area contributed by atoms with Crippen molar-refractivity contribution in [3.8, 4) is 5.69 Å². The molecule has 142 valence electrons. The van der Waals surface area contributed by atoms with Crippen molar-refractivity contribution in [3.63, 3.8) is 0 Å². The van der Waals surface area contributed by atoms with E-state index < -0.39 is 0 Å². The number of hydrogen-bond donors (Lipinski definition) is 0. The van der Waals surface area contributed by atoms with Gasteiger partial charge in [0.2, 0.25) is 5.89 Å². The highest BCUT2D eigenvalue weighted by Crippen LogP contribution is 2.23. The molecular formula is C25H16N4O. The predicted molar refractivity (Wildman–Crippen MR) is 119 cm³/mol. The largest absolute Gasteiger partial charge is 0.437 e. The van der Waals surface area contributed by atoms with Gasteiger partial charge in [0.1, 0.15) is 16.6 Å². The highest BCUT2D eigenvalue weighted by Gasteiger charge is 2.08. The highest BCUT2D eigenvalue weighted by molar-refractivity contribution is 6.03. The van der Waals surface area contributed by atoms with Gasteiger partial charge in [-0.3, -0.25) is 0 Å². The van der Waals surface area contributed by atoms with Gasteiger partial charge in [0.25, 0.3) is 0 Å². The molecule has 0 N–H and O–H groups in total. The minimum absolute atomic E-state index is 0.590. The lowest BCUT2D eigenvalue weighted by molar-refractivity contribution is 0.590. The average Bonchev–Trinajstić information content (AvgIpc) is 3.42. The molecule has 0 fully saturated rings. The minimum atomic E-state index is 0.590. The average molecular weight is 388 g/mol. The van der Waals surface area contributed by atoms with Crippen LogP contribution in [0.25, 0.3) is 50.7 Å². The predicted octanol–water partition coefficient (Wildman–Crippen LogP) is 5.89. The van der Waals surface area contributed by atoms with Gasteiger partial charge in [-0.05, 0) is 47.4 Å². The van der Waals surface area contributed by atoms with Gasteiger partial charge in [-0.1, -0.05) is 54.6 Å². The Balaban J connectivity index is 1.30. The molecule has 0 radical (unpaired) electrons. The second kappa shape index (κ2) is 6.67. The van der Waals surface area contributed by atoms with E-state index in [1.54, 1.807) is 4.80 Å². The Morgan fingerprint density at radius 3 is 2.43 bits per heavy atom. The maximum absolute atomic E-state index is 5.73. The molecule has 2 heterocycles. The Hall–Kier alpha value is -4.25. The van der Waals surface area contributed by atoms with Crippen LogP contribution in [0.2, 0.25) is 0 Å². The number of aromatic nitrogens is 4. The highest BCUT2D eigenvalue weighted by atomic mass is 16.3. The molecular weight excluding hydrogens is 372 g/mol. The lowest BCUT2D eigenvalue weighted by Crippen LogP contribution is -1.97. The molecule has 30 heavy (non-hydrogen) atoms. The van der Waals surface area contributed by atoms with Crippen LogP contribution in [0.4, 0.5) is 0 Å². The van der Waals surface area contributed by atoms with Crippen LogP contribution < -0.4 is 0 Å². The zero-order chi connectivity index (χ0) is 19.9. The van der Waals surface area contributed by atoms with Crippen LogP contribution in [-0.4, -0.2) is 20.0 Å². The molecule has 2 aromatic heterocycles. The summed E-state index contributed by atoms with van der Waals surface area (Å²) in [6, 6.07) is 28.1. The minimum Gasteiger partial charge on any atom is -0.437 e. The molecule has 6 aromatic rings. The van der Waals surface area contributed by atoms with E-state index in [0.29, 0.717) is 5.89 Å². The molecule has 0 aliphatic carbocycles. The van der Waals surface area contributed by atoms with Crippen LogP contribution >= 0.6 is 0 Å². The van der Waals surface area contributed by atoms with E-state index >= 15 is 0 Å². The standard InChI is InChI=1S/C25H16N4O/c1-2-6-20-18(5-1)12-15-22-25(20)28-29(27-22)19-13-9-17(10-14-19)11-16-24-26-21-7-3-4-8-23(21)30-24/h1-16H/b16-11+. The fourth-order valence-corrected chi connectivity index (χ4v) is 3.61. The number of rotatable bonds is 3. The van der Waals surface area contributed by atoms with Gasteiger partial charge >= 0.3 is 0 Å². The molecule has 5 heteroatoms.